The van der Waals surface area contributed by atoms with Crippen LogP contribution in [0.5, 0.6) is 0 Å². The molecule has 1 unspecified atom stereocenters. The summed E-state index contributed by atoms with van der Waals surface area (Å²) < 4.78 is 0. The summed E-state index contributed by atoms with van der Waals surface area (Å²) in [5.41, 5.74) is 24.4. The lowest BCUT2D eigenvalue weighted by molar-refractivity contribution is -0.136. The molecule has 1 heterocycles. The minimum Gasteiger partial charge on any atom is -0.393 e. The Labute approximate surface area is 436 Å². The van der Waals surface area contributed by atoms with Gasteiger partial charge >= 0.3 is 0 Å². The molecule has 0 aromatic heterocycles. The van der Waals surface area contributed by atoms with Crippen molar-refractivity contribution in [3.8, 4) is 0 Å². The molecule has 9 atom stereocenters. The third kappa shape index (κ3) is 24.5. The lowest BCUT2D eigenvalue weighted by atomic mass is 10.00. The van der Waals surface area contributed by atoms with Crippen molar-refractivity contribution < 1.29 is 48.3 Å². The van der Waals surface area contributed by atoms with Crippen LogP contribution in [0.2, 0.25) is 0 Å². The maximum Gasteiger partial charge on any atom is 0.243 e. The van der Waals surface area contributed by atoms with Crippen molar-refractivity contribution in [2.75, 3.05) is 32.7 Å². The maximum atomic E-state index is 14.4. The fourth-order valence-corrected chi connectivity index (χ4v) is 8.34. The van der Waals surface area contributed by atoms with E-state index in [1.807, 2.05) is 58.0 Å². The molecular formula is C51H89N13O10. The first-order chi connectivity index (χ1) is 35.1. The summed E-state index contributed by atoms with van der Waals surface area (Å²) in [4.78, 5) is 126. The van der Waals surface area contributed by atoms with E-state index in [1.54, 1.807) is 0 Å². The Morgan fingerprint density at radius 2 is 1.01 bits per heavy atom. The predicted molar refractivity (Wildman–Crippen MR) is 281 cm³/mol. The number of hydrogen-bond donors (Lipinski definition) is 14. The van der Waals surface area contributed by atoms with Crippen LogP contribution < -0.4 is 70.8 Å². The van der Waals surface area contributed by atoms with Gasteiger partial charge in [-0.15, -0.1) is 0 Å². The van der Waals surface area contributed by atoms with Crippen LogP contribution in [0.25, 0.3) is 0 Å². The van der Waals surface area contributed by atoms with Gasteiger partial charge in [-0.2, -0.15) is 0 Å². The van der Waals surface area contributed by atoms with Gasteiger partial charge < -0.3 is 75.9 Å². The Morgan fingerprint density at radius 1 is 0.568 bits per heavy atom. The first kappa shape index (κ1) is 64.4. The number of aryl methyl sites for hydroxylation is 1. The van der Waals surface area contributed by atoms with Crippen LogP contribution in [-0.4, -0.2) is 145 Å². The predicted octanol–water partition coefficient (Wildman–Crippen LogP) is -1.92. The molecule has 74 heavy (non-hydrogen) atoms. The Morgan fingerprint density at radius 3 is 1.47 bits per heavy atom. The van der Waals surface area contributed by atoms with Gasteiger partial charge in [0, 0.05) is 6.54 Å². The molecule has 0 radical (unpaired) electrons. The number of aliphatic hydroxyl groups is 1. The molecule has 0 saturated carbocycles. The molecule has 1 saturated heterocycles. The molecule has 1 fully saturated rings. The number of hydrogen-bond acceptors (Lipinski definition) is 14. The lowest BCUT2D eigenvalue weighted by Gasteiger charge is -2.28. The third-order valence-corrected chi connectivity index (χ3v) is 12.4. The first-order valence-electron chi connectivity index (χ1n) is 26.3. The number of nitrogens with one attached hydrogen (secondary N) is 9. The molecular weight excluding hydrogens is 955 g/mol. The van der Waals surface area contributed by atoms with E-state index in [1.165, 1.54) is 0 Å². The molecule has 18 N–H and O–H groups in total. The largest absolute Gasteiger partial charge is 0.393 e. The summed E-state index contributed by atoms with van der Waals surface area (Å²) in [6, 6.07) is -1.09. The monoisotopic (exact) mass is 1040 g/mol. The quantitative estimate of drug-likeness (QED) is 0.0537. The maximum absolute atomic E-state index is 14.4. The summed E-state index contributed by atoms with van der Waals surface area (Å²) in [6.45, 7) is 10.9. The second kappa shape index (κ2) is 34.7. The molecule has 1 aromatic rings. The number of carbonyl (C=O) groups excluding carboxylic acids is 9. The van der Waals surface area contributed by atoms with E-state index in [9.17, 15) is 48.3 Å². The zero-order valence-electron chi connectivity index (χ0n) is 44.5. The smallest absolute Gasteiger partial charge is 0.243 e. The van der Waals surface area contributed by atoms with Crippen molar-refractivity contribution in [1.82, 2.24) is 47.9 Å². The van der Waals surface area contributed by atoms with Gasteiger partial charge in [-0.1, -0.05) is 84.7 Å². The molecule has 0 spiro atoms. The number of benzene rings is 1. The van der Waals surface area contributed by atoms with Crippen LogP contribution in [-0.2, 0) is 49.6 Å². The fraction of sp³-hybridized carbons (Fsp3) is 0.706. The molecule has 0 aliphatic carbocycles. The third-order valence-electron chi connectivity index (χ3n) is 12.4. The summed E-state index contributed by atoms with van der Waals surface area (Å²) in [5.74, 6) is -6.61. The highest BCUT2D eigenvalue weighted by atomic mass is 16.3. The number of aliphatic hydroxyl groups excluding tert-OH is 1. The van der Waals surface area contributed by atoms with Crippen LogP contribution in [0, 0.1) is 17.8 Å². The van der Waals surface area contributed by atoms with E-state index in [0.717, 1.165) is 12.0 Å². The lowest BCUT2D eigenvalue weighted by Crippen LogP contribution is -2.60. The number of amides is 9. The average molecular weight is 1040 g/mol. The van der Waals surface area contributed by atoms with E-state index in [2.05, 4.69) is 61.7 Å². The van der Waals surface area contributed by atoms with Gasteiger partial charge in [-0.3, -0.25) is 43.2 Å². The van der Waals surface area contributed by atoms with Gasteiger partial charge in [-0.25, -0.2) is 0 Å². The van der Waals surface area contributed by atoms with E-state index in [4.69, 9.17) is 22.9 Å². The molecule has 1 aliphatic rings. The van der Waals surface area contributed by atoms with E-state index >= 15 is 0 Å². The molecule has 0 bridgehead atoms. The van der Waals surface area contributed by atoms with Crippen LogP contribution in [0.3, 0.4) is 0 Å². The van der Waals surface area contributed by atoms with Gasteiger partial charge in [0.25, 0.3) is 0 Å². The zero-order chi connectivity index (χ0) is 55.3. The van der Waals surface area contributed by atoms with Crippen molar-refractivity contribution in [3.63, 3.8) is 0 Å². The highest BCUT2D eigenvalue weighted by Crippen LogP contribution is 2.13. The first-order valence-corrected chi connectivity index (χ1v) is 26.3. The second-order valence-corrected chi connectivity index (χ2v) is 20.4. The summed E-state index contributed by atoms with van der Waals surface area (Å²) in [5, 5.41) is 34.8. The topological polar surface area (TPSA) is 386 Å². The van der Waals surface area contributed by atoms with Gasteiger partial charge in [0.1, 0.15) is 48.3 Å². The molecule has 418 valence electrons. The molecule has 9 amide bonds. The normalized spacial score (nSPS) is 23.1. The van der Waals surface area contributed by atoms with Crippen LogP contribution in [0.15, 0.2) is 30.3 Å². The van der Waals surface area contributed by atoms with Crippen LogP contribution >= 0.6 is 0 Å². The highest BCUT2D eigenvalue weighted by molar-refractivity contribution is 5.98. The van der Waals surface area contributed by atoms with Crippen molar-refractivity contribution in [2.45, 2.75) is 179 Å². The minimum atomic E-state index is -1.47. The Balaban J connectivity index is 2.70. The summed E-state index contributed by atoms with van der Waals surface area (Å²) in [6.07, 6.45) is 0.749. The zero-order valence-corrected chi connectivity index (χ0v) is 44.5. The summed E-state index contributed by atoms with van der Waals surface area (Å²) in [7, 11) is 0. The molecule has 23 heteroatoms. The molecule has 23 nitrogen and oxygen atoms in total. The van der Waals surface area contributed by atoms with Crippen LogP contribution in [0.4, 0.5) is 0 Å². The Bertz CT molecular complexity index is 1940. The standard InChI is InChI=1S/C51H89N13O10/c1-30(2)11-10-14-34(65)29-43(66)57-36(17-22-52)46(69)62-40-21-26-56-44(67)41(27-31(3)4)63-49(72)39(20-25-55)59-48(71)38(19-24-54)61-51(74)42(28-32(5)6)64-45(68)35(16-15-33-12-8-7-9-13-33)58-47(70)37(18-23-53)60-50(40)73/h7-9,12-13,30-32,34-42,65H,10-11,14-29,52-55H2,1-6H3,(H,56,67)(H,57,66)(H,58,70)(H,59,71)(H,60,73)(H,61,74)(H,62,69)(H,63,72)(H,64,68)/t34?,35-,36+,37+,38+,39+,40+,41+,42+/m1/s1. The van der Waals surface area contributed by atoms with E-state index in [0.29, 0.717) is 25.2 Å². The summed E-state index contributed by atoms with van der Waals surface area (Å²) >= 11 is 0. The number of carbonyl (C=O) groups is 9. The van der Waals surface area contributed by atoms with Crippen molar-refractivity contribution in [2.24, 2.45) is 40.7 Å². The van der Waals surface area contributed by atoms with Gasteiger partial charge in [0.05, 0.1) is 12.5 Å². The van der Waals surface area contributed by atoms with Crippen molar-refractivity contribution in [3.05, 3.63) is 35.9 Å². The minimum absolute atomic E-state index is 0.0444. The van der Waals surface area contributed by atoms with Gasteiger partial charge in [0.2, 0.25) is 53.2 Å². The second-order valence-electron chi connectivity index (χ2n) is 20.4. The Hall–Kier alpha value is -5.75. The number of nitrogens with two attached hydrogens (primary N) is 4. The SMILES string of the molecule is CC(C)CCCC(O)CC(=O)N[C@@H](CCN)C(=O)N[C@H]1CCNC(=O)[C@H](CC(C)C)NC(=O)[C@H](CCN)NC(=O)[C@H](CCN)NC(=O)[C@H](CC(C)C)NC(=O)[C@@H](CCc2ccccc2)NC(=O)[C@H](CCN)NC1=O. The van der Waals surface area contributed by atoms with Gasteiger partial charge in [0.15, 0.2) is 0 Å². The van der Waals surface area contributed by atoms with Crippen molar-refractivity contribution in [1.29, 1.82) is 0 Å². The van der Waals surface area contributed by atoms with E-state index in [-0.39, 0.29) is 102 Å². The van der Waals surface area contributed by atoms with Gasteiger partial charge in [-0.05, 0) is 114 Å². The molecule has 2 rings (SSSR count). The fourth-order valence-electron chi connectivity index (χ4n) is 8.34. The average Bonchev–Trinajstić information content (AvgIpc) is 3.33. The molecule has 1 aromatic carbocycles. The highest BCUT2D eigenvalue weighted by Gasteiger charge is 2.35. The number of rotatable bonds is 24. The Kier molecular flexibility index (Phi) is 30.2. The molecule has 1 aliphatic heterocycles. The van der Waals surface area contributed by atoms with E-state index < -0.39 is 108 Å². The van der Waals surface area contributed by atoms with Crippen molar-refractivity contribution >= 4 is 53.2 Å². The van der Waals surface area contributed by atoms with Crippen LogP contribution in [0.1, 0.15) is 124 Å².